The molecular formula is C9H10N2O5S. The lowest BCUT2D eigenvalue weighted by Gasteiger charge is -2.06. The molecule has 17 heavy (non-hydrogen) atoms. The van der Waals surface area contributed by atoms with E-state index >= 15 is 0 Å². The van der Waals surface area contributed by atoms with Crippen LogP contribution in [0.5, 0.6) is 11.5 Å². The fourth-order valence-electron chi connectivity index (χ4n) is 1.44. The molecule has 7 nitrogen and oxygen atoms in total. The molecule has 0 unspecified atom stereocenters. The number of aromatic amines is 1. The highest BCUT2D eigenvalue weighted by Crippen LogP contribution is 2.31. The number of rotatable bonds is 3. The van der Waals surface area contributed by atoms with Gasteiger partial charge in [0.25, 0.3) is 5.16 Å². The lowest BCUT2D eigenvalue weighted by atomic mass is 10.3. The van der Waals surface area contributed by atoms with Crippen LogP contribution < -0.4 is 9.47 Å². The smallest absolute Gasteiger partial charge is 0.328 e. The summed E-state index contributed by atoms with van der Waals surface area (Å²) in [6.45, 7) is 0. The molecule has 8 heteroatoms. The SMILES string of the molecule is COc1cc2nc(S(=O)(=O)O)[nH]c2cc1OC. The molecule has 0 spiro atoms. The molecule has 0 saturated carbocycles. The van der Waals surface area contributed by atoms with Crippen LogP contribution in [-0.2, 0) is 10.1 Å². The van der Waals surface area contributed by atoms with E-state index in [2.05, 4.69) is 9.97 Å². The molecule has 0 aliphatic carbocycles. The highest BCUT2D eigenvalue weighted by Gasteiger charge is 2.17. The Hall–Kier alpha value is -1.80. The minimum atomic E-state index is -4.35. The van der Waals surface area contributed by atoms with Crippen molar-refractivity contribution in [3.63, 3.8) is 0 Å². The zero-order chi connectivity index (χ0) is 12.6. The van der Waals surface area contributed by atoms with Crippen molar-refractivity contribution in [3.8, 4) is 11.5 Å². The largest absolute Gasteiger partial charge is 0.493 e. The fraction of sp³-hybridized carbons (Fsp3) is 0.222. The van der Waals surface area contributed by atoms with Crippen molar-refractivity contribution in [2.75, 3.05) is 14.2 Å². The Morgan fingerprint density at radius 2 is 1.82 bits per heavy atom. The number of imidazole rings is 1. The molecule has 0 amide bonds. The summed E-state index contributed by atoms with van der Waals surface area (Å²) in [4.78, 5) is 6.22. The van der Waals surface area contributed by atoms with Crippen LogP contribution >= 0.6 is 0 Å². The summed E-state index contributed by atoms with van der Waals surface area (Å²) in [5.41, 5.74) is 0.783. The number of hydrogen-bond acceptors (Lipinski definition) is 5. The van der Waals surface area contributed by atoms with E-state index in [-0.39, 0.29) is 0 Å². The number of ether oxygens (including phenoxy) is 2. The van der Waals surface area contributed by atoms with Crippen molar-refractivity contribution < 1.29 is 22.4 Å². The van der Waals surface area contributed by atoms with Crippen molar-refractivity contribution in [1.82, 2.24) is 9.97 Å². The van der Waals surface area contributed by atoms with Crippen LogP contribution in [0.2, 0.25) is 0 Å². The quantitative estimate of drug-likeness (QED) is 0.790. The molecule has 1 aromatic carbocycles. The number of aromatic nitrogens is 2. The molecule has 1 aromatic heterocycles. The van der Waals surface area contributed by atoms with E-state index in [1.54, 1.807) is 0 Å². The van der Waals surface area contributed by atoms with Gasteiger partial charge in [-0.3, -0.25) is 4.55 Å². The van der Waals surface area contributed by atoms with Crippen molar-refractivity contribution in [1.29, 1.82) is 0 Å². The first-order valence-corrected chi connectivity index (χ1v) is 5.99. The third kappa shape index (κ3) is 2.04. The van der Waals surface area contributed by atoms with Gasteiger partial charge >= 0.3 is 10.1 Å². The van der Waals surface area contributed by atoms with Crippen LogP contribution in [0.15, 0.2) is 17.3 Å². The predicted octanol–water partition coefficient (Wildman–Crippen LogP) is 0.827. The standard InChI is InChI=1S/C9H10N2O5S/c1-15-7-3-5-6(4-8(7)16-2)11-9(10-5)17(12,13)14/h3-4H,1-2H3,(H,10,11)(H,12,13,14). The molecule has 0 radical (unpaired) electrons. The van der Waals surface area contributed by atoms with Crippen molar-refractivity contribution in [2.45, 2.75) is 5.16 Å². The number of methoxy groups -OCH3 is 2. The van der Waals surface area contributed by atoms with Gasteiger partial charge in [0.2, 0.25) is 0 Å². The second-order valence-corrected chi connectivity index (χ2v) is 4.58. The number of nitrogens with one attached hydrogen (secondary N) is 1. The number of hydrogen-bond donors (Lipinski definition) is 2. The highest BCUT2D eigenvalue weighted by atomic mass is 32.2. The van der Waals surface area contributed by atoms with Crippen LogP contribution in [-0.4, -0.2) is 37.2 Å². The summed E-state index contributed by atoms with van der Waals surface area (Å²) >= 11 is 0. The van der Waals surface area contributed by atoms with E-state index < -0.39 is 15.3 Å². The van der Waals surface area contributed by atoms with Gasteiger partial charge in [0, 0.05) is 12.1 Å². The van der Waals surface area contributed by atoms with Gasteiger partial charge in [-0.2, -0.15) is 8.42 Å². The Morgan fingerprint density at radius 3 is 2.35 bits per heavy atom. The van der Waals surface area contributed by atoms with Gasteiger partial charge in [-0.05, 0) is 0 Å². The first-order chi connectivity index (χ1) is 7.95. The van der Waals surface area contributed by atoms with Gasteiger partial charge in [0.1, 0.15) is 0 Å². The summed E-state index contributed by atoms with van der Waals surface area (Å²) in [6.07, 6.45) is 0. The lowest BCUT2D eigenvalue weighted by molar-refractivity contribution is 0.356. The van der Waals surface area contributed by atoms with E-state index in [1.807, 2.05) is 0 Å². The first kappa shape index (κ1) is 11.7. The van der Waals surface area contributed by atoms with Gasteiger partial charge < -0.3 is 14.5 Å². The van der Waals surface area contributed by atoms with Crippen LogP contribution in [0, 0.1) is 0 Å². The van der Waals surface area contributed by atoms with Crippen LogP contribution in [0.3, 0.4) is 0 Å². The molecule has 0 aliphatic heterocycles. The molecule has 2 rings (SSSR count). The second kappa shape index (κ2) is 3.90. The maximum Gasteiger partial charge on any atom is 0.328 e. The van der Waals surface area contributed by atoms with Crippen molar-refractivity contribution in [2.24, 2.45) is 0 Å². The molecule has 2 N–H and O–H groups in total. The summed E-state index contributed by atoms with van der Waals surface area (Å²) < 4.78 is 40.8. The Balaban J connectivity index is 2.70. The molecule has 1 heterocycles. The van der Waals surface area contributed by atoms with Gasteiger partial charge in [-0.25, -0.2) is 4.98 Å². The average molecular weight is 258 g/mol. The van der Waals surface area contributed by atoms with E-state index in [0.29, 0.717) is 22.5 Å². The summed E-state index contributed by atoms with van der Waals surface area (Å²) in [5, 5.41) is -0.511. The maximum atomic E-state index is 10.9. The minimum Gasteiger partial charge on any atom is -0.493 e. The normalized spacial score (nSPS) is 11.7. The highest BCUT2D eigenvalue weighted by molar-refractivity contribution is 7.85. The second-order valence-electron chi connectivity index (χ2n) is 3.24. The molecule has 92 valence electrons. The van der Waals surface area contributed by atoms with E-state index in [9.17, 15) is 8.42 Å². The number of nitrogens with zero attached hydrogens (tertiary/aromatic N) is 1. The molecular weight excluding hydrogens is 248 g/mol. The third-order valence-electron chi connectivity index (χ3n) is 2.21. The number of fused-ring (bicyclic) bond motifs is 1. The summed E-state index contributed by atoms with van der Waals surface area (Å²) in [5.74, 6) is 0.860. The first-order valence-electron chi connectivity index (χ1n) is 4.55. The molecule has 0 saturated heterocycles. The van der Waals surface area contributed by atoms with Gasteiger partial charge in [0.05, 0.1) is 25.3 Å². The number of H-pyrrole nitrogens is 1. The topological polar surface area (TPSA) is 102 Å². The van der Waals surface area contributed by atoms with Gasteiger partial charge in [0.15, 0.2) is 11.5 Å². The van der Waals surface area contributed by atoms with Crippen LogP contribution in [0.25, 0.3) is 11.0 Å². The summed E-state index contributed by atoms with van der Waals surface area (Å²) in [6, 6.07) is 3.05. The Labute approximate surface area is 97.1 Å². The van der Waals surface area contributed by atoms with Crippen LogP contribution in [0.4, 0.5) is 0 Å². The molecule has 0 aliphatic rings. The van der Waals surface area contributed by atoms with E-state index in [4.69, 9.17) is 14.0 Å². The molecule has 0 bridgehead atoms. The van der Waals surface area contributed by atoms with Gasteiger partial charge in [-0.15, -0.1) is 0 Å². The van der Waals surface area contributed by atoms with Crippen molar-refractivity contribution >= 4 is 21.2 Å². The van der Waals surface area contributed by atoms with E-state index in [1.165, 1.54) is 26.4 Å². The van der Waals surface area contributed by atoms with E-state index in [0.717, 1.165) is 0 Å². The molecule has 0 atom stereocenters. The predicted molar refractivity (Wildman–Crippen MR) is 59.0 cm³/mol. The Bertz CT molecular complexity index is 620. The van der Waals surface area contributed by atoms with Gasteiger partial charge in [-0.1, -0.05) is 0 Å². The average Bonchev–Trinajstić information content (AvgIpc) is 2.69. The molecule has 2 aromatic rings. The maximum absolute atomic E-state index is 10.9. The zero-order valence-corrected chi connectivity index (χ0v) is 9.91. The number of benzene rings is 1. The summed E-state index contributed by atoms with van der Waals surface area (Å²) in [7, 11) is -1.43. The third-order valence-corrected chi connectivity index (χ3v) is 2.89. The molecule has 0 fully saturated rings. The fourth-order valence-corrected chi connectivity index (χ4v) is 1.89. The Morgan fingerprint density at radius 1 is 1.24 bits per heavy atom. The van der Waals surface area contributed by atoms with Crippen molar-refractivity contribution in [3.05, 3.63) is 12.1 Å². The monoisotopic (exact) mass is 258 g/mol. The lowest BCUT2D eigenvalue weighted by Crippen LogP contribution is -1.99. The van der Waals surface area contributed by atoms with Crippen LogP contribution in [0.1, 0.15) is 0 Å². The Kier molecular flexibility index (Phi) is 2.68. The minimum absolute atomic E-state index is 0.357. The zero-order valence-electron chi connectivity index (χ0n) is 9.09.